The van der Waals surface area contributed by atoms with Crippen LogP contribution in [0.4, 0.5) is 0 Å². The number of unbranched alkanes of at least 4 members (excludes halogenated alkanes) is 1. The van der Waals surface area contributed by atoms with Gasteiger partial charge in [0.1, 0.15) is 0 Å². The Labute approximate surface area is 93.0 Å². The van der Waals surface area contributed by atoms with Crippen molar-refractivity contribution < 1.29 is 4.79 Å². The standard InChI is InChI=1S/C12H24N2O/c1-3-5-6-10-7-11(13)9-14(8-10)12(15)4-2/h10-11H,3-9,13H2,1-2H3. The lowest BCUT2D eigenvalue weighted by atomic mass is 9.90. The summed E-state index contributed by atoms with van der Waals surface area (Å²) >= 11 is 0. The van der Waals surface area contributed by atoms with Gasteiger partial charge in [-0.15, -0.1) is 0 Å². The Bertz CT molecular complexity index is 206. The zero-order valence-electron chi connectivity index (χ0n) is 10.0. The molecule has 0 radical (unpaired) electrons. The quantitative estimate of drug-likeness (QED) is 0.772. The molecule has 1 amide bonds. The lowest BCUT2D eigenvalue weighted by Crippen LogP contribution is -2.49. The van der Waals surface area contributed by atoms with E-state index in [9.17, 15) is 4.79 Å². The van der Waals surface area contributed by atoms with Gasteiger partial charge in [-0.2, -0.15) is 0 Å². The summed E-state index contributed by atoms with van der Waals surface area (Å²) in [7, 11) is 0. The van der Waals surface area contributed by atoms with Gasteiger partial charge in [-0.05, 0) is 18.8 Å². The summed E-state index contributed by atoms with van der Waals surface area (Å²) in [6.45, 7) is 5.82. The Hall–Kier alpha value is -0.570. The van der Waals surface area contributed by atoms with Crippen LogP contribution >= 0.6 is 0 Å². The van der Waals surface area contributed by atoms with Crippen molar-refractivity contribution in [1.82, 2.24) is 4.90 Å². The van der Waals surface area contributed by atoms with E-state index in [2.05, 4.69) is 6.92 Å². The molecule has 1 heterocycles. The zero-order valence-corrected chi connectivity index (χ0v) is 10.0. The normalized spacial score (nSPS) is 26.7. The van der Waals surface area contributed by atoms with Crippen molar-refractivity contribution >= 4 is 5.91 Å². The number of piperidine rings is 1. The first-order valence-electron chi connectivity index (χ1n) is 6.20. The van der Waals surface area contributed by atoms with Crippen LogP contribution in [-0.2, 0) is 4.79 Å². The van der Waals surface area contributed by atoms with Crippen molar-refractivity contribution in [3.05, 3.63) is 0 Å². The van der Waals surface area contributed by atoms with E-state index in [1.165, 1.54) is 19.3 Å². The molecule has 0 aromatic heterocycles. The van der Waals surface area contributed by atoms with Crippen LogP contribution in [0.5, 0.6) is 0 Å². The number of nitrogens with zero attached hydrogens (tertiary/aromatic N) is 1. The first kappa shape index (κ1) is 12.5. The molecule has 15 heavy (non-hydrogen) atoms. The molecule has 2 atom stereocenters. The lowest BCUT2D eigenvalue weighted by Gasteiger charge is -2.36. The SMILES string of the molecule is CCCCC1CC(N)CN(C(=O)CC)C1. The largest absolute Gasteiger partial charge is 0.341 e. The number of rotatable bonds is 4. The molecule has 0 bridgehead atoms. The van der Waals surface area contributed by atoms with E-state index in [0.717, 1.165) is 19.5 Å². The number of carbonyl (C=O) groups excluding carboxylic acids is 1. The fraction of sp³-hybridized carbons (Fsp3) is 0.917. The van der Waals surface area contributed by atoms with E-state index < -0.39 is 0 Å². The number of nitrogens with two attached hydrogens (primary N) is 1. The topological polar surface area (TPSA) is 46.3 Å². The van der Waals surface area contributed by atoms with Gasteiger partial charge < -0.3 is 10.6 Å². The van der Waals surface area contributed by atoms with Gasteiger partial charge in [-0.25, -0.2) is 0 Å². The molecular formula is C12H24N2O. The molecular weight excluding hydrogens is 188 g/mol. The molecule has 2 unspecified atom stereocenters. The van der Waals surface area contributed by atoms with Crippen LogP contribution in [-0.4, -0.2) is 29.9 Å². The molecule has 88 valence electrons. The third-order valence-electron chi connectivity index (χ3n) is 3.19. The summed E-state index contributed by atoms with van der Waals surface area (Å²) < 4.78 is 0. The summed E-state index contributed by atoms with van der Waals surface area (Å²) in [6, 6.07) is 0.191. The molecule has 3 heteroatoms. The van der Waals surface area contributed by atoms with Crippen LogP contribution < -0.4 is 5.73 Å². The average Bonchev–Trinajstić information content (AvgIpc) is 2.24. The predicted octanol–water partition coefficient (Wildman–Crippen LogP) is 1.76. The Balaban J connectivity index is 2.44. The minimum absolute atomic E-state index is 0.191. The summed E-state index contributed by atoms with van der Waals surface area (Å²) in [5.41, 5.74) is 5.99. The van der Waals surface area contributed by atoms with Gasteiger partial charge in [0.05, 0.1) is 0 Å². The van der Waals surface area contributed by atoms with Gasteiger partial charge in [-0.1, -0.05) is 26.7 Å². The van der Waals surface area contributed by atoms with Gasteiger partial charge in [0, 0.05) is 25.6 Å². The van der Waals surface area contributed by atoms with E-state index in [0.29, 0.717) is 12.3 Å². The Morgan fingerprint density at radius 3 is 2.73 bits per heavy atom. The number of amides is 1. The van der Waals surface area contributed by atoms with E-state index in [1.54, 1.807) is 0 Å². The fourth-order valence-corrected chi connectivity index (χ4v) is 2.38. The maximum Gasteiger partial charge on any atom is 0.222 e. The minimum Gasteiger partial charge on any atom is -0.341 e. The molecule has 0 aromatic carbocycles. The summed E-state index contributed by atoms with van der Waals surface area (Å²) in [5, 5.41) is 0. The van der Waals surface area contributed by atoms with Crippen molar-refractivity contribution in [3.8, 4) is 0 Å². The number of carbonyl (C=O) groups is 1. The van der Waals surface area contributed by atoms with Crippen LogP contribution in [0, 0.1) is 5.92 Å². The van der Waals surface area contributed by atoms with Crippen LogP contribution in [0.15, 0.2) is 0 Å². The molecule has 1 aliphatic heterocycles. The minimum atomic E-state index is 0.191. The Morgan fingerprint density at radius 1 is 1.40 bits per heavy atom. The van der Waals surface area contributed by atoms with Crippen LogP contribution in [0.1, 0.15) is 46.0 Å². The highest BCUT2D eigenvalue weighted by Crippen LogP contribution is 2.21. The second-order valence-corrected chi connectivity index (χ2v) is 4.66. The molecule has 0 aliphatic carbocycles. The molecule has 1 saturated heterocycles. The highest BCUT2D eigenvalue weighted by molar-refractivity contribution is 5.75. The van der Waals surface area contributed by atoms with Gasteiger partial charge in [0.25, 0.3) is 0 Å². The van der Waals surface area contributed by atoms with Crippen LogP contribution in [0.25, 0.3) is 0 Å². The van der Waals surface area contributed by atoms with Gasteiger partial charge in [0.15, 0.2) is 0 Å². The molecule has 0 saturated carbocycles. The van der Waals surface area contributed by atoms with Crippen LogP contribution in [0.2, 0.25) is 0 Å². The summed E-state index contributed by atoms with van der Waals surface area (Å²) in [4.78, 5) is 13.6. The number of hydrogen-bond acceptors (Lipinski definition) is 2. The van der Waals surface area contributed by atoms with Crippen molar-refractivity contribution in [2.24, 2.45) is 11.7 Å². The average molecular weight is 212 g/mol. The molecule has 2 N–H and O–H groups in total. The highest BCUT2D eigenvalue weighted by Gasteiger charge is 2.26. The molecule has 1 fully saturated rings. The van der Waals surface area contributed by atoms with Crippen molar-refractivity contribution in [1.29, 1.82) is 0 Å². The Kier molecular flexibility index (Phi) is 5.09. The predicted molar refractivity (Wildman–Crippen MR) is 62.5 cm³/mol. The van der Waals surface area contributed by atoms with Gasteiger partial charge in [0.2, 0.25) is 5.91 Å². The van der Waals surface area contributed by atoms with E-state index in [4.69, 9.17) is 5.73 Å². The van der Waals surface area contributed by atoms with E-state index in [-0.39, 0.29) is 11.9 Å². The zero-order chi connectivity index (χ0) is 11.3. The maximum atomic E-state index is 11.6. The first-order valence-corrected chi connectivity index (χ1v) is 6.20. The van der Waals surface area contributed by atoms with Crippen molar-refractivity contribution in [2.45, 2.75) is 52.0 Å². The smallest absolute Gasteiger partial charge is 0.222 e. The maximum absolute atomic E-state index is 11.6. The second kappa shape index (κ2) is 6.11. The summed E-state index contributed by atoms with van der Waals surface area (Å²) in [5.74, 6) is 0.885. The fourth-order valence-electron chi connectivity index (χ4n) is 2.38. The number of hydrogen-bond donors (Lipinski definition) is 1. The summed E-state index contributed by atoms with van der Waals surface area (Å²) in [6.07, 6.45) is 5.40. The van der Waals surface area contributed by atoms with Crippen molar-refractivity contribution in [3.63, 3.8) is 0 Å². The van der Waals surface area contributed by atoms with E-state index >= 15 is 0 Å². The first-order chi connectivity index (χ1) is 7.17. The molecule has 3 nitrogen and oxygen atoms in total. The third kappa shape index (κ3) is 3.82. The molecule has 0 spiro atoms. The van der Waals surface area contributed by atoms with Crippen LogP contribution in [0.3, 0.4) is 0 Å². The third-order valence-corrected chi connectivity index (χ3v) is 3.19. The molecule has 0 aromatic rings. The second-order valence-electron chi connectivity index (χ2n) is 4.66. The number of likely N-dealkylation sites (tertiary alicyclic amines) is 1. The Morgan fingerprint density at radius 2 is 2.13 bits per heavy atom. The lowest BCUT2D eigenvalue weighted by molar-refractivity contribution is -0.133. The monoisotopic (exact) mass is 212 g/mol. The van der Waals surface area contributed by atoms with Crippen molar-refractivity contribution in [2.75, 3.05) is 13.1 Å². The highest BCUT2D eigenvalue weighted by atomic mass is 16.2. The van der Waals surface area contributed by atoms with Gasteiger partial charge in [-0.3, -0.25) is 4.79 Å². The molecule has 1 aliphatic rings. The molecule has 1 rings (SSSR count). The van der Waals surface area contributed by atoms with E-state index in [1.807, 2.05) is 11.8 Å². The van der Waals surface area contributed by atoms with Gasteiger partial charge >= 0.3 is 0 Å².